The van der Waals surface area contributed by atoms with Gasteiger partial charge in [0.15, 0.2) is 0 Å². The van der Waals surface area contributed by atoms with Crippen LogP contribution >= 0.6 is 0 Å². The van der Waals surface area contributed by atoms with E-state index >= 15 is 0 Å². The van der Waals surface area contributed by atoms with Crippen molar-refractivity contribution in [2.24, 2.45) is 0 Å². The van der Waals surface area contributed by atoms with E-state index in [4.69, 9.17) is 4.42 Å². The number of nitrogens with zero attached hydrogens (tertiary/aromatic N) is 2. The number of para-hydroxylation sites is 1. The fraction of sp³-hybridized carbons (Fsp3) is 0.284. The maximum Gasteiger partial charge on any atom is 0.252 e. The molecule has 0 amide bonds. The highest BCUT2D eigenvalue weighted by atomic mass is 16.3. The van der Waals surface area contributed by atoms with E-state index in [-0.39, 0.29) is 33.8 Å². The summed E-state index contributed by atoms with van der Waals surface area (Å²) in [4.78, 5) is 5.30. The number of fused-ring (bicyclic) bond motifs is 9. The zero-order valence-corrected chi connectivity index (χ0v) is 43.7. The number of benzene rings is 8. The Bertz CT molecular complexity index is 3730. The molecule has 0 spiro atoms. The van der Waals surface area contributed by atoms with Crippen LogP contribution in [0.1, 0.15) is 122 Å². The summed E-state index contributed by atoms with van der Waals surface area (Å²) in [5, 5.41) is 2.31. The van der Waals surface area contributed by atoms with Gasteiger partial charge in [-0.05, 0) is 174 Å². The minimum atomic E-state index is -0.0398. The zero-order chi connectivity index (χ0) is 49.3. The van der Waals surface area contributed by atoms with Crippen LogP contribution in [0.15, 0.2) is 156 Å². The van der Waals surface area contributed by atoms with Crippen molar-refractivity contribution in [1.82, 2.24) is 0 Å². The van der Waals surface area contributed by atoms with Crippen LogP contribution in [0.2, 0.25) is 0 Å². The Hall–Kier alpha value is -6.78. The molecule has 13 rings (SSSR count). The van der Waals surface area contributed by atoms with Crippen LogP contribution in [0, 0.1) is 6.92 Å². The molecule has 1 aromatic heterocycles. The summed E-state index contributed by atoms with van der Waals surface area (Å²) in [5.41, 5.74) is 26.8. The number of anilines is 6. The second-order valence-electron chi connectivity index (χ2n) is 25.3. The number of hydrogen-bond donors (Lipinski definition) is 0. The topological polar surface area (TPSA) is 19.6 Å². The molecule has 0 saturated heterocycles. The fourth-order valence-electron chi connectivity index (χ4n) is 14.5. The Morgan fingerprint density at radius 1 is 0.465 bits per heavy atom. The molecule has 0 fully saturated rings. The highest BCUT2D eigenvalue weighted by Crippen LogP contribution is 2.55. The van der Waals surface area contributed by atoms with E-state index in [2.05, 4.69) is 245 Å². The molecule has 71 heavy (non-hydrogen) atoms. The van der Waals surface area contributed by atoms with Crippen LogP contribution in [0.4, 0.5) is 34.1 Å². The monoisotopic (exact) mass is 925 g/mol. The van der Waals surface area contributed by atoms with Crippen LogP contribution in [0.3, 0.4) is 0 Å². The second-order valence-corrected chi connectivity index (χ2v) is 25.3. The Kier molecular flexibility index (Phi) is 9.12. The summed E-state index contributed by atoms with van der Waals surface area (Å²) >= 11 is 0. The molecule has 2 aliphatic heterocycles. The Morgan fingerprint density at radius 3 is 1.82 bits per heavy atom. The van der Waals surface area contributed by atoms with Gasteiger partial charge in [-0.2, -0.15) is 0 Å². The molecule has 9 aromatic rings. The number of furan rings is 1. The normalized spacial score (nSPS) is 17.5. The van der Waals surface area contributed by atoms with Gasteiger partial charge >= 0.3 is 0 Å². The maximum absolute atomic E-state index is 6.53. The third-order valence-corrected chi connectivity index (χ3v) is 17.2. The number of rotatable bonds is 4. The summed E-state index contributed by atoms with van der Waals surface area (Å²) in [7, 11) is 0. The van der Waals surface area contributed by atoms with Crippen LogP contribution in [-0.2, 0) is 27.1 Å². The molecule has 3 heterocycles. The first-order valence-electron chi connectivity index (χ1n) is 26.0. The van der Waals surface area contributed by atoms with Gasteiger partial charge in [0, 0.05) is 44.8 Å². The molecular weight excluding hydrogens is 860 g/mol. The van der Waals surface area contributed by atoms with E-state index in [1.165, 1.54) is 106 Å². The Labute approximate surface area is 421 Å². The lowest BCUT2D eigenvalue weighted by Crippen LogP contribution is -2.61. The van der Waals surface area contributed by atoms with Crippen LogP contribution in [-0.4, -0.2) is 6.71 Å². The van der Waals surface area contributed by atoms with Crippen molar-refractivity contribution in [1.29, 1.82) is 0 Å². The largest absolute Gasteiger partial charge is 0.456 e. The van der Waals surface area contributed by atoms with E-state index < -0.39 is 0 Å². The zero-order valence-electron chi connectivity index (χ0n) is 43.7. The minimum Gasteiger partial charge on any atom is -0.456 e. The van der Waals surface area contributed by atoms with E-state index in [1.54, 1.807) is 0 Å². The lowest BCUT2D eigenvalue weighted by atomic mass is 9.33. The quantitative estimate of drug-likeness (QED) is 0.164. The predicted octanol–water partition coefficient (Wildman–Crippen LogP) is 16.5. The molecule has 4 heteroatoms. The van der Waals surface area contributed by atoms with Gasteiger partial charge < -0.3 is 14.2 Å². The summed E-state index contributed by atoms with van der Waals surface area (Å²) in [6.45, 7) is 28.9. The lowest BCUT2D eigenvalue weighted by Gasteiger charge is -2.45. The molecule has 0 N–H and O–H groups in total. The molecule has 0 bridgehead atoms. The van der Waals surface area contributed by atoms with Crippen molar-refractivity contribution in [3.05, 3.63) is 185 Å². The Balaban J connectivity index is 1.15. The SMILES string of the molecule is Cc1cc2c3c(c1)N(c1ccc(C(C)(C)C)cc1-c1ccccc1)c1ccc(-c4cccc5oc6ccccc6c45)cc1B3c1cc3c(cc1N2c1ccc2c(c1)C(C)(C)CC2(C)C)C(C)(C)CC3(C)C. The third kappa shape index (κ3) is 6.48. The van der Waals surface area contributed by atoms with Gasteiger partial charge in [0.25, 0.3) is 6.71 Å². The van der Waals surface area contributed by atoms with E-state index in [1.807, 2.05) is 0 Å². The van der Waals surface area contributed by atoms with Gasteiger partial charge in [0.1, 0.15) is 11.2 Å². The van der Waals surface area contributed by atoms with Crippen molar-refractivity contribution < 1.29 is 4.42 Å². The molecule has 8 aromatic carbocycles. The van der Waals surface area contributed by atoms with Gasteiger partial charge in [-0.1, -0.05) is 167 Å². The molecule has 0 unspecified atom stereocenters. The predicted molar refractivity (Wildman–Crippen MR) is 303 cm³/mol. The second kappa shape index (κ2) is 14.7. The van der Waals surface area contributed by atoms with Gasteiger partial charge in [0.2, 0.25) is 0 Å². The molecule has 0 radical (unpaired) electrons. The first kappa shape index (κ1) is 44.2. The molecular formula is C67H65BN2O. The summed E-state index contributed by atoms with van der Waals surface area (Å²) < 4.78 is 6.53. The van der Waals surface area contributed by atoms with Crippen LogP contribution in [0.25, 0.3) is 44.2 Å². The highest BCUT2D eigenvalue weighted by molar-refractivity contribution is 7.00. The van der Waals surface area contributed by atoms with Crippen molar-refractivity contribution in [2.45, 2.75) is 123 Å². The molecule has 3 nitrogen and oxygen atoms in total. The van der Waals surface area contributed by atoms with E-state index in [9.17, 15) is 0 Å². The molecule has 0 saturated carbocycles. The molecule has 352 valence electrons. The van der Waals surface area contributed by atoms with Crippen molar-refractivity contribution in [3.8, 4) is 22.3 Å². The van der Waals surface area contributed by atoms with Gasteiger partial charge in [-0.15, -0.1) is 0 Å². The number of aryl methyl sites for hydroxylation is 1. The summed E-state index contributed by atoms with van der Waals surface area (Å²) in [6.07, 6.45) is 2.23. The average Bonchev–Trinajstić information content (AvgIpc) is 3.86. The first-order valence-corrected chi connectivity index (χ1v) is 26.0. The molecule has 0 atom stereocenters. The smallest absolute Gasteiger partial charge is 0.252 e. The summed E-state index contributed by atoms with van der Waals surface area (Å²) in [6, 6.07) is 58.4. The Morgan fingerprint density at radius 2 is 1.08 bits per heavy atom. The molecule has 4 aliphatic rings. The van der Waals surface area contributed by atoms with E-state index in [0.717, 1.165) is 34.8 Å². The van der Waals surface area contributed by atoms with Gasteiger partial charge in [-0.25, -0.2) is 0 Å². The summed E-state index contributed by atoms with van der Waals surface area (Å²) in [5.74, 6) is 0. The fourth-order valence-corrected chi connectivity index (χ4v) is 14.5. The average molecular weight is 925 g/mol. The van der Waals surface area contributed by atoms with Gasteiger partial charge in [-0.3, -0.25) is 0 Å². The van der Waals surface area contributed by atoms with E-state index in [0.29, 0.717) is 0 Å². The van der Waals surface area contributed by atoms with Crippen LogP contribution in [0.5, 0.6) is 0 Å². The number of hydrogen-bond acceptors (Lipinski definition) is 3. The standard InChI is InChI=1S/C67H65BN2O/c1-40-31-57-62-58(32-40)70(54-30-26-43(63(2,3)4)34-47(54)41-19-14-13-15-20-41)55-29-25-42(45-22-18-24-60-61(45)46-21-16-17-23-59(46)71-60)33-52(55)68(62)53-36-50-51(67(11,12)39-66(50,9)10)37-56(53)69(57)44-27-28-48-49(35-44)65(7,8)38-64(48,5)6/h13-37H,38-39H2,1-12H3. The lowest BCUT2D eigenvalue weighted by molar-refractivity contribution is 0.403. The van der Waals surface area contributed by atoms with Crippen LogP contribution < -0.4 is 26.2 Å². The highest BCUT2D eigenvalue weighted by Gasteiger charge is 2.49. The third-order valence-electron chi connectivity index (χ3n) is 17.2. The molecule has 2 aliphatic carbocycles. The van der Waals surface area contributed by atoms with Crippen molar-refractivity contribution in [2.75, 3.05) is 9.80 Å². The van der Waals surface area contributed by atoms with Crippen molar-refractivity contribution >= 4 is 79.2 Å². The maximum atomic E-state index is 6.53. The van der Waals surface area contributed by atoms with Gasteiger partial charge in [0.05, 0.1) is 5.69 Å². The first-order chi connectivity index (χ1) is 33.7. The minimum absolute atomic E-state index is 0.0149. The van der Waals surface area contributed by atoms with Crippen molar-refractivity contribution in [3.63, 3.8) is 0 Å².